The van der Waals surface area contributed by atoms with Gasteiger partial charge < -0.3 is 15.4 Å². The van der Waals surface area contributed by atoms with Gasteiger partial charge in [0.05, 0.1) is 12.3 Å². The molecule has 0 radical (unpaired) electrons. The Labute approximate surface area is 160 Å². The van der Waals surface area contributed by atoms with E-state index >= 15 is 0 Å². The first-order valence-corrected chi connectivity index (χ1v) is 10.4. The number of pyridine rings is 1. The molecular formula is C23H28N2O2. The Balaban J connectivity index is 1.50. The number of aromatic nitrogens is 1. The first-order valence-electron chi connectivity index (χ1n) is 10.4. The highest BCUT2D eigenvalue weighted by Crippen LogP contribution is 2.40. The number of fused-ring (bicyclic) bond motifs is 5. The Morgan fingerprint density at radius 1 is 1.00 bits per heavy atom. The Morgan fingerprint density at radius 3 is 2.56 bits per heavy atom. The van der Waals surface area contributed by atoms with Gasteiger partial charge in [-0.25, -0.2) is 0 Å². The van der Waals surface area contributed by atoms with E-state index < -0.39 is 0 Å². The second-order valence-corrected chi connectivity index (χ2v) is 8.59. The molecule has 0 amide bonds. The van der Waals surface area contributed by atoms with Crippen molar-refractivity contribution in [3.05, 3.63) is 56.4 Å². The summed E-state index contributed by atoms with van der Waals surface area (Å²) in [4.78, 5) is 15.8. The highest BCUT2D eigenvalue weighted by Gasteiger charge is 2.33. The summed E-state index contributed by atoms with van der Waals surface area (Å²) in [6.07, 6.45) is 9.69. The molecule has 5 rings (SSSR count). The first-order chi connectivity index (χ1) is 13.2. The molecule has 0 atom stereocenters. The number of H-pyrrole nitrogens is 1. The monoisotopic (exact) mass is 364 g/mol. The number of hydrogen-bond donors (Lipinski definition) is 3. The van der Waals surface area contributed by atoms with Crippen molar-refractivity contribution in [2.45, 2.75) is 69.9 Å². The van der Waals surface area contributed by atoms with Crippen LogP contribution in [0.1, 0.15) is 66.3 Å². The third kappa shape index (κ3) is 2.77. The van der Waals surface area contributed by atoms with Crippen molar-refractivity contribution in [3.8, 4) is 11.3 Å². The van der Waals surface area contributed by atoms with Crippen molar-refractivity contribution < 1.29 is 5.11 Å². The van der Waals surface area contributed by atoms with E-state index in [1.165, 1.54) is 47.1 Å². The fourth-order valence-corrected chi connectivity index (χ4v) is 5.47. The van der Waals surface area contributed by atoms with Crippen LogP contribution in [-0.2, 0) is 25.8 Å². The number of nitrogens with one attached hydrogen (secondary N) is 2. The zero-order valence-electron chi connectivity index (χ0n) is 15.9. The molecule has 3 aliphatic carbocycles. The lowest BCUT2D eigenvalue weighted by molar-refractivity contribution is 0.163. The van der Waals surface area contributed by atoms with Crippen molar-refractivity contribution in [2.75, 3.05) is 6.61 Å². The summed E-state index contributed by atoms with van der Waals surface area (Å²) in [5.74, 6) is 0. The molecular weight excluding hydrogens is 336 g/mol. The Hall–Kier alpha value is -1.91. The molecule has 4 nitrogen and oxygen atoms in total. The maximum Gasteiger partial charge on any atom is 0.251 e. The predicted molar refractivity (Wildman–Crippen MR) is 107 cm³/mol. The van der Waals surface area contributed by atoms with E-state index in [9.17, 15) is 9.90 Å². The van der Waals surface area contributed by atoms with Gasteiger partial charge in [-0.05, 0) is 60.8 Å². The summed E-state index contributed by atoms with van der Waals surface area (Å²) >= 11 is 0. The summed E-state index contributed by atoms with van der Waals surface area (Å²) < 4.78 is 0. The minimum absolute atomic E-state index is 0.109. The van der Waals surface area contributed by atoms with E-state index in [1.807, 2.05) is 0 Å². The zero-order valence-corrected chi connectivity index (χ0v) is 15.9. The number of aliphatic hydroxyl groups excluding tert-OH is 1. The van der Waals surface area contributed by atoms with Crippen LogP contribution < -0.4 is 10.9 Å². The van der Waals surface area contributed by atoms with E-state index in [1.54, 1.807) is 0 Å². The van der Waals surface area contributed by atoms with Crippen LogP contribution in [0.25, 0.3) is 11.3 Å². The fraction of sp³-hybridized carbons (Fsp3) is 0.522. The zero-order chi connectivity index (χ0) is 18.4. The van der Waals surface area contributed by atoms with Crippen LogP contribution >= 0.6 is 0 Å². The highest BCUT2D eigenvalue weighted by molar-refractivity contribution is 5.76. The van der Waals surface area contributed by atoms with Crippen LogP contribution in [0.15, 0.2) is 23.0 Å². The number of aromatic amines is 1. The molecule has 4 heteroatoms. The molecule has 0 saturated heterocycles. The molecule has 0 bridgehead atoms. The van der Waals surface area contributed by atoms with Gasteiger partial charge >= 0.3 is 0 Å². The molecule has 1 heterocycles. The van der Waals surface area contributed by atoms with Gasteiger partial charge in [-0.2, -0.15) is 0 Å². The quantitative estimate of drug-likeness (QED) is 0.666. The summed E-state index contributed by atoms with van der Waals surface area (Å²) in [7, 11) is 0. The maximum absolute atomic E-state index is 12.6. The summed E-state index contributed by atoms with van der Waals surface area (Å²) in [6.45, 7) is 0.993. The Kier molecular flexibility index (Phi) is 4.21. The van der Waals surface area contributed by atoms with Gasteiger partial charge in [0.2, 0.25) is 0 Å². The topological polar surface area (TPSA) is 65.1 Å². The molecule has 142 valence electrons. The van der Waals surface area contributed by atoms with Gasteiger partial charge in [-0.1, -0.05) is 31.0 Å². The normalized spacial score (nSPS) is 19.6. The van der Waals surface area contributed by atoms with Crippen LogP contribution in [0, 0.1) is 0 Å². The number of aliphatic hydroxyl groups is 1. The molecule has 0 aliphatic heterocycles. The second-order valence-electron chi connectivity index (χ2n) is 8.59. The van der Waals surface area contributed by atoms with Crippen molar-refractivity contribution in [2.24, 2.45) is 0 Å². The standard InChI is InChI=1S/C23H28N2O2/c26-14-23(10-3-4-11-23)24-13-15-6-5-9-17-19(15)12-20-16-7-1-2-8-18(16)22(27)25-21(17)20/h5-6,9,24,26H,1-4,7-8,10-14H2,(H,25,27). The number of rotatable bonds is 4. The van der Waals surface area contributed by atoms with E-state index in [4.69, 9.17) is 0 Å². The summed E-state index contributed by atoms with van der Waals surface area (Å²) in [5, 5.41) is 13.6. The lowest BCUT2D eigenvalue weighted by atomic mass is 9.88. The molecule has 3 N–H and O–H groups in total. The number of hydrogen-bond acceptors (Lipinski definition) is 3. The molecule has 1 aromatic heterocycles. The van der Waals surface area contributed by atoms with Gasteiger partial charge in [0.25, 0.3) is 5.56 Å². The van der Waals surface area contributed by atoms with Gasteiger partial charge in [0.15, 0.2) is 0 Å². The van der Waals surface area contributed by atoms with Crippen LogP contribution in [0.3, 0.4) is 0 Å². The molecule has 27 heavy (non-hydrogen) atoms. The minimum atomic E-state index is -0.109. The third-order valence-corrected chi connectivity index (χ3v) is 7.06. The first kappa shape index (κ1) is 17.2. The highest BCUT2D eigenvalue weighted by atomic mass is 16.3. The summed E-state index contributed by atoms with van der Waals surface area (Å²) in [5.41, 5.74) is 8.59. The molecule has 2 aromatic rings. The Bertz CT molecular complexity index is 938. The maximum atomic E-state index is 12.6. The fourth-order valence-electron chi connectivity index (χ4n) is 5.47. The van der Waals surface area contributed by atoms with Crippen LogP contribution in [0.4, 0.5) is 0 Å². The Morgan fingerprint density at radius 2 is 1.78 bits per heavy atom. The largest absolute Gasteiger partial charge is 0.394 e. The smallest absolute Gasteiger partial charge is 0.251 e. The second kappa shape index (κ2) is 6.61. The van der Waals surface area contributed by atoms with E-state index in [0.29, 0.717) is 0 Å². The van der Waals surface area contributed by atoms with Gasteiger partial charge in [-0.3, -0.25) is 4.79 Å². The third-order valence-electron chi connectivity index (χ3n) is 7.06. The molecule has 3 aliphatic rings. The number of benzene rings is 1. The lowest BCUT2D eigenvalue weighted by Crippen LogP contribution is -2.45. The molecule has 1 saturated carbocycles. The SMILES string of the molecule is O=c1[nH]c2c(c3c1CCCC3)Cc1c(CNC3(CO)CCCC3)cccc1-2. The van der Waals surface area contributed by atoms with Crippen molar-refractivity contribution in [1.82, 2.24) is 10.3 Å². The summed E-state index contributed by atoms with van der Waals surface area (Å²) in [6, 6.07) is 6.44. The van der Waals surface area contributed by atoms with Crippen molar-refractivity contribution in [1.29, 1.82) is 0 Å². The van der Waals surface area contributed by atoms with E-state index in [0.717, 1.165) is 56.3 Å². The molecule has 1 fully saturated rings. The molecule has 0 unspecified atom stereocenters. The molecule has 0 spiro atoms. The van der Waals surface area contributed by atoms with Crippen molar-refractivity contribution in [3.63, 3.8) is 0 Å². The molecule has 1 aromatic carbocycles. The van der Waals surface area contributed by atoms with Crippen LogP contribution in [0.5, 0.6) is 0 Å². The van der Waals surface area contributed by atoms with Crippen LogP contribution in [-0.4, -0.2) is 22.2 Å². The van der Waals surface area contributed by atoms with Gasteiger partial charge in [0, 0.05) is 29.6 Å². The average Bonchev–Trinajstić information content (AvgIpc) is 3.32. The predicted octanol–water partition coefficient (Wildman–Crippen LogP) is 3.22. The van der Waals surface area contributed by atoms with E-state index in [-0.39, 0.29) is 17.7 Å². The minimum Gasteiger partial charge on any atom is -0.394 e. The van der Waals surface area contributed by atoms with Gasteiger partial charge in [0.1, 0.15) is 0 Å². The van der Waals surface area contributed by atoms with E-state index in [2.05, 4.69) is 28.5 Å². The lowest BCUT2D eigenvalue weighted by Gasteiger charge is -2.28. The van der Waals surface area contributed by atoms with Crippen molar-refractivity contribution >= 4 is 0 Å². The van der Waals surface area contributed by atoms with Crippen LogP contribution in [0.2, 0.25) is 0 Å². The average molecular weight is 364 g/mol. The van der Waals surface area contributed by atoms with Gasteiger partial charge in [-0.15, -0.1) is 0 Å².